The number of likely N-dealkylation sites (N-methyl/N-ethyl adjacent to an activating group) is 1. The van der Waals surface area contributed by atoms with E-state index in [2.05, 4.69) is 10.6 Å². The van der Waals surface area contributed by atoms with Gasteiger partial charge in [-0.3, -0.25) is 9.59 Å². The number of amides is 2. The molecule has 0 aromatic heterocycles. The Bertz CT molecular complexity index is 485. The molecule has 0 saturated heterocycles. The van der Waals surface area contributed by atoms with Crippen molar-refractivity contribution >= 4 is 11.8 Å². The van der Waals surface area contributed by atoms with E-state index in [1.165, 1.54) is 19.2 Å². The van der Waals surface area contributed by atoms with Gasteiger partial charge in [-0.05, 0) is 23.6 Å². The van der Waals surface area contributed by atoms with Crippen LogP contribution in [-0.2, 0) is 16.0 Å². The summed E-state index contributed by atoms with van der Waals surface area (Å²) in [5.74, 6) is -0.491. The van der Waals surface area contributed by atoms with E-state index >= 15 is 0 Å². The zero-order chi connectivity index (χ0) is 16.0. The maximum atomic E-state index is 12.0. The van der Waals surface area contributed by atoms with E-state index in [9.17, 15) is 14.7 Å². The topological polar surface area (TPSA) is 104 Å². The first-order valence-electron chi connectivity index (χ1n) is 6.90. The molecule has 0 saturated carbocycles. The Kier molecular flexibility index (Phi) is 6.17. The lowest BCUT2D eigenvalue weighted by molar-refractivity contribution is -0.129. The van der Waals surface area contributed by atoms with Gasteiger partial charge in [-0.1, -0.05) is 26.0 Å². The van der Waals surface area contributed by atoms with Gasteiger partial charge in [0.1, 0.15) is 11.8 Å². The third-order valence-corrected chi connectivity index (χ3v) is 3.28. The highest BCUT2D eigenvalue weighted by Gasteiger charge is 2.24. The summed E-state index contributed by atoms with van der Waals surface area (Å²) in [6.45, 7) is 3.69. The zero-order valence-electron chi connectivity index (χ0n) is 12.6. The summed E-state index contributed by atoms with van der Waals surface area (Å²) >= 11 is 0. The van der Waals surface area contributed by atoms with Crippen LogP contribution in [0.1, 0.15) is 19.4 Å². The van der Waals surface area contributed by atoms with Gasteiger partial charge in [0.2, 0.25) is 11.8 Å². The van der Waals surface area contributed by atoms with Gasteiger partial charge < -0.3 is 21.5 Å². The zero-order valence-corrected chi connectivity index (χ0v) is 12.6. The van der Waals surface area contributed by atoms with E-state index in [0.29, 0.717) is 6.42 Å². The van der Waals surface area contributed by atoms with Crippen LogP contribution in [-0.4, -0.2) is 36.1 Å². The third kappa shape index (κ3) is 5.07. The average molecular weight is 293 g/mol. The average Bonchev–Trinajstić information content (AvgIpc) is 2.46. The molecule has 0 fully saturated rings. The van der Waals surface area contributed by atoms with Gasteiger partial charge in [0.05, 0.1) is 6.04 Å². The molecule has 1 aromatic rings. The van der Waals surface area contributed by atoms with Crippen molar-refractivity contribution in [1.29, 1.82) is 0 Å². The van der Waals surface area contributed by atoms with Crippen molar-refractivity contribution in [2.75, 3.05) is 7.05 Å². The molecule has 6 heteroatoms. The number of rotatable bonds is 6. The maximum Gasteiger partial charge on any atom is 0.242 e. The fourth-order valence-corrected chi connectivity index (χ4v) is 1.82. The fraction of sp³-hybridized carbons (Fsp3) is 0.467. The van der Waals surface area contributed by atoms with Crippen molar-refractivity contribution in [3.63, 3.8) is 0 Å². The monoisotopic (exact) mass is 293 g/mol. The molecule has 0 spiro atoms. The number of aromatic hydroxyl groups is 1. The molecule has 6 nitrogen and oxygen atoms in total. The summed E-state index contributed by atoms with van der Waals surface area (Å²) in [4.78, 5) is 23.9. The molecule has 0 heterocycles. The van der Waals surface area contributed by atoms with Crippen molar-refractivity contribution in [3.05, 3.63) is 29.8 Å². The van der Waals surface area contributed by atoms with Gasteiger partial charge in [-0.2, -0.15) is 0 Å². The maximum absolute atomic E-state index is 12.0. The molecule has 1 rings (SSSR count). The molecule has 0 bridgehead atoms. The lowest BCUT2D eigenvalue weighted by Gasteiger charge is -2.21. The molecule has 116 valence electrons. The van der Waals surface area contributed by atoms with E-state index in [4.69, 9.17) is 5.73 Å². The summed E-state index contributed by atoms with van der Waals surface area (Å²) in [5, 5.41) is 14.5. The summed E-state index contributed by atoms with van der Waals surface area (Å²) < 4.78 is 0. The smallest absolute Gasteiger partial charge is 0.242 e. The Morgan fingerprint density at radius 3 is 2.24 bits per heavy atom. The number of benzene rings is 1. The third-order valence-electron chi connectivity index (χ3n) is 3.28. The number of carbonyl (C=O) groups is 2. The molecular formula is C15H23N3O3. The first-order chi connectivity index (χ1) is 9.85. The van der Waals surface area contributed by atoms with Crippen molar-refractivity contribution in [2.24, 2.45) is 11.7 Å². The van der Waals surface area contributed by atoms with Gasteiger partial charge in [0, 0.05) is 13.5 Å². The molecule has 1 aromatic carbocycles. The van der Waals surface area contributed by atoms with Crippen molar-refractivity contribution in [2.45, 2.75) is 32.4 Å². The SMILES string of the molecule is CNC(=O)[C@H](Cc1ccc(O)cc1)NC(=O)[C@@H](N)C(C)C. The van der Waals surface area contributed by atoms with E-state index < -0.39 is 12.1 Å². The first-order valence-corrected chi connectivity index (χ1v) is 6.90. The van der Waals surface area contributed by atoms with Gasteiger partial charge in [0.25, 0.3) is 0 Å². The van der Waals surface area contributed by atoms with Crippen molar-refractivity contribution in [3.8, 4) is 5.75 Å². The Labute approximate surface area is 124 Å². The molecule has 21 heavy (non-hydrogen) atoms. The first kappa shape index (κ1) is 17.0. The van der Waals surface area contributed by atoms with Crippen LogP contribution in [0.3, 0.4) is 0 Å². The Morgan fingerprint density at radius 2 is 1.76 bits per heavy atom. The van der Waals surface area contributed by atoms with Crippen LogP contribution in [0.15, 0.2) is 24.3 Å². The number of carbonyl (C=O) groups excluding carboxylic acids is 2. The van der Waals surface area contributed by atoms with E-state index in [1.807, 2.05) is 13.8 Å². The quantitative estimate of drug-likeness (QED) is 0.599. The van der Waals surface area contributed by atoms with E-state index in [-0.39, 0.29) is 23.5 Å². The summed E-state index contributed by atoms with van der Waals surface area (Å²) in [6, 6.07) is 5.14. The number of hydrogen-bond acceptors (Lipinski definition) is 4. The van der Waals surface area contributed by atoms with E-state index in [0.717, 1.165) is 5.56 Å². The van der Waals surface area contributed by atoms with Crippen LogP contribution >= 0.6 is 0 Å². The number of hydrogen-bond donors (Lipinski definition) is 4. The molecule has 2 atom stereocenters. The largest absolute Gasteiger partial charge is 0.508 e. The van der Waals surface area contributed by atoms with Crippen LogP contribution in [0.5, 0.6) is 5.75 Å². The lowest BCUT2D eigenvalue weighted by atomic mass is 10.0. The molecular weight excluding hydrogens is 270 g/mol. The fourth-order valence-electron chi connectivity index (χ4n) is 1.82. The van der Waals surface area contributed by atoms with Crippen LogP contribution in [0.2, 0.25) is 0 Å². The van der Waals surface area contributed by atoms with Crippen LogP contribution in [0, 0.1) is 5.92 Å². The Hall–Kier alpha value is -2.08. The predicted octanol–water partition coefficient (Wildman–Crippen LogP) is 0.149. The van der Waals surface area contributed by atoms with Crippen LogP contribution < -0.4 is 16.4 Å². The molecule has 0 radical (unpaired) electrons. The number of nitrogens with one attached hydrogen (secondary N) is 2. The van der Waals surface area contributed by atoms with E-state index in [1.54, 1.807) is 12.1 Å². The van der Waals surface area contributed by atoms with Gasteiger partial charge in [0.15, 0.2) is 0 Å². The second kappa shape index (κ2) is 7.64. The van der Waals surface area contributed by atoms with Crippen molar-refractivity contribution in [1.82, 2.24) is 10.6 Å². The van der Waals surface area contributed by atoms with Crippen LogP contribution in [0.25, 0.3) is 0 Å². The normalized spacial score (nSPS) is 13.6. The Morgan fingerprint density at radius 1 is 1.19 bits per heavy atom. The van der Waals surface area contributed by atoms with Crippen LogP contribution in [0.4, 0.5) is 0 Å². The highest BCUT2D eigenvalue weighted by atomic mass is 16.3. The van der Waals surface area contributed by atoms with Crippen molar-refractivity contribution < 1.29 is 14.7 Å². The summed E-state index contributed by atoms with van der Waals surface area (Å²) in [7, 11) is 1.51. The molecule has 0 unspecified atom stereocenters. The minimum Gasteiger partial charge on any atom is -0.508 e. The highest BCUT2D eigenvalue weighted by Crippen LogP contribution is 2.11. The second-order valence-electron chi connectivity index (χ2n) is 5.32. The second-order valence-corrected chi connectivity index (χ2v) is 5.32. The molecule has 2 amide bonds. The van der Waals surface area contributed by atoms with Gasteiger partial charge in [-0.25, -0.2) is 0 Å². The predicted molar refractivity (Wildman–Crippen MR) is 80.6 cm³/mol. The molecule has 0 aliphatic heterocycles. The highest BCUT2D eigenvalue weighted by molar-refractivity contribution is 5.89. The number of nitrogens with two attached hydrogens (primary N) is 1. The minimum absolute atomic E-state index is 0.0102. The summed E-state index contributed by atoms with van der Waals surface area (Å²) in [6.07, 6.45) is 0.330. The molecule has 0 aliphatic rings. The standard InChI is InChI=1S/C15H23N3O3/c1-9(2)13(16)15(21)18-12(14(20)17-3)8-10-4-6-11(19)7-5-10/h4-7,9,12-13,19H,8,16H2,1-3H3,(H,17,20)(H,18,21)/t12-,13-/m0/s1. The number of phenolic OH excluding ortho intramolecular Hbond substituents is 1. The molecule has 5 N–H and O–H groups in total. The van der Waals surface area contributed by atoms with Gasteiger partial charge >= 0.3 is 0 Å². The number of phenols is 1. The summed E-state index contributed by atoms with van der Waals surface area (Å²) in [5.41, 5.74) is 6.62. The van der Waals surface area contributed by atoms with Gasteiger partial charge in [-0.15, -0.1) is 0 Å². The molecule has 0 aliphatic carbocycles. The minimum atomic E-state index is -0.697. The lowest BCUT2D eigenvalue weighted by Crippen LogP contribution is -2.53. The Balaban J connectivity index is 2.79.